The van der Waals surface area contributed by atoms with Gasteiger partial charge < -0.3 is 10.0 Å². The first-order valence-electron chi connectivity index (χ1n) is 4.68. The van der Waals surface area contributed by atoms with Gasteiger partial charge in [0.1, 0.15) is 5.82 Å². The summed E-state index contributed by atoms with van der Waals surface area (Å²) in [6, 6.07) is 6.04. The third-order valence-corrected chi connectivity index (χ3v) is 2.34. The maximum absolute atomic E-state index is 9.14. The zero-order valence-corrected chi connectivity index (χ0v) is 7.77. The van der Waals surface area contributed by atoms with Crippen LogP contribution in [0.2, 0.25) is 0 Å². The standard InChI is InChI=1S/C10H14N2O/c1-2-8-4-3-5-10(11-8)12-6-9(13)7-12/h3-5,9,13H,2,6-7H2,1H3. The number of rotatable bonds is 2. The molecule has 1 aromatic rings. The summed E-state index contributed by atoms with van der Waals surface area (Å²) in [5, 5.41) is 9.14. The maximum atomic E-state index is 9.14. The van der Waals surface area contributed by atoms with Crippen LogP contribution in [0.1, 0.15) is 12.6 Å². The summed E-state index contributed by atoms with van der Waals surface area (Å²) in [4.78, 5) is 6.55. The molecule has 0 unspecified atom stereocenters. The second-order valence-corrected chi connectivity index (χ2v) is 3.40. The van der Waals surface area contributed by atoms with Gasteiger partial charge in [-0.2, -0.15) is 0 Å². The highest BCUT2D eigenvalue weighted by Gasteiger charge is 2.25. The van der Waals surface area contributed by atoms with E-state index in [1.807, 2.05) is 18.2 Å². The number of aromatic nitrogens is 1. The molecule has 1 fully saturated rings. The summed E-state index contributed by atoms with van der Waals surface area (Å²) >= 11 is 0. The number of nitrogens with zero attached hydrogens (tertiary/aromatic N) is 2. The number of hydrogen-bond donors (Lipinski definition) is 1. The average molecular weight is 178 g/mol. The van der Waals surface area contributed by atoms with Gasteiger partial charge in [-0.1, -0.05) is 13.0 Å². The van der Waals surface area contributed by atoms with Crippen LogP contribution >= 0.6 is 0 Å². The SMILES string of the molecule is CCc1cccc(N2CC(O)C2)n1. The molecule has 0 spiro atoms. The Labute approximate surface area is 78.0 Å². The fourth-order valence-corrected chi connectivity index (χ4v) is 1.48. The van der Waals surface area contributed by atoms with Gasteiger partial charge in [-0.05, 0) is 18.6 Å². The van der Waals surface area contributed by atoms with Crippen molar-refractivity contribution in [3.8, 4) is 0 Å². The molecule has 0 aliphatic carbocycles. The van der Waals surface area contributed by atoms with Crippen LogP contribution in [0.3, 0.4) is 0 Å². The average Bonchev–Trinajstić information content (AvgIpc) is 2.13. The molecular formula is C10H14N2O. The van der Waals surface area contributed by atoms with E-state index in [0.29, 0.717) is 0 Å². The van der Waals surface area contributed by atoms with Gasteiger partial charge in [-0.3, -0.25) is 0 Å². The fourth-order valence-electron chi connectivity index (χ4n) is 1.48. The van der Waals surface area contributed by atoms with Crippen molar-refractivity contribution in [1.29, 1.82) is 0 Å². The summed E-state index contributed by atoms with van der Waals surface area (Å²) in [5.74, 6) is 0.990. The largest absolute Gasteiger partial charge is 0.389 e. The maximum Gasteiger partial charge on any atom is 0.128 e. The van der Waals surface area contributed by atoms with Gasteiger partial charge in [0.05, 0.1) is 6.10 Å². The minimum Gasteiger partial charge on any atom is -0.389 e. The van der Waals surface area contributed by atoms with E-state index >= 15 is 0 Å². The Morgan fingerprint density at radius 1 is 1.54 bits per heavy atom. The Kier molecular flexibility index (Phi) is 2.19. The molecule has 0 atom stereocenters. The second-order valence-electron chi connectivity index (χ2n) is 3.40. The molecule has 0 bridgehead atoms. The summed E-state index contributed by atoms with van der Waals surface area (Å²) < 4.78 is 0. The number of pyridine rings is 1. The minimum atomic E-state index is -0.160. The summed E-state index contributed by atoms with van der Waals surface area (Å²) in [5.41, 5.74) is 1.11. The van der Waals surface area contributed by atoms with E-state index in [1.165, 1.54) is 0 Å². The number of aliphatic hydroxyl groups is 1. The van der Waals surface area contributed by atoms with Crippen molar-refractivity contribution in [2.45, 2.75) is 19.4 Å². The first-order valence-corrected chi connectivity index (χ1v) is 4.68. The third-order valence-electron chi connectivity index (χ3n) is 2.34. The van der Waals surface area contributed by atoms with Crippen LogP contribution in [-0.2, 0) is 6.42 Å². The van der Waals surface area contributed by atoms with Crippen molar-refractivity contribution in [3.05, 3.63) is 23.9 Å². The second kappa shape index (κ2) is 3.34. The Hall–Kier alpha value is -1.09. The van der Waals surface area contributed by atoms with Crippen LogP contribution in [0.4, 0.5) is 5.82 Å². The number of anilines is 1. The predicted molar refractivity (Wildman–Crippen MR) is 51.8 cm³/mol. The predicted octanol–water partition coefficient (Wildman–Crippen LogP) is 0.825. The van der Waals surface area contributed by atoms with Gasteiger partial charge in [0.2, 0.25) is 0 Å². The van der Waals surface area contributed by atoms with Crippen molar-refractivity contribution in [2.24, 2.45) is 0 Å². The molecule has 2 rings (SSSR count). The molecule has 0 aromatic carbocycles. The monoisotopic (exact) mass is 178 g/mol. The lowest BCUT2D eigenvalue weighted by atomic mass is 10.1. The Balaban J connectivity index is 2.12. The lowest BCUT2D eigenvalue weighted by Gasteiger charge is -2.36. The van der Waals surface area contributed by atoms with E-state index in [2.05, 4.69) is 16.8 Å². The van der Waals surface area contributed by atoms with Crippen molar-refractivity contribution in [3.63, 3.8) is 0 Å². The highest BCUT2D eigenvalue weighted by Crippen LogP contribution is 2.18. The number of aryl methyl sites for hydroxylation is 1. The van der Waals surface area contributed by atoms with Gasteiger partial charge in [-0.15, -0.1) is 0 Å². The zero-order valence-electron chi connectivity index (χ0n) is 7.77. The Morgan fingerprint density at radius 2 is 2.31 bits per heavy atom. The van der Waals surface area contributed by atoms with E-state index in [1.54, 1.807) is 0 Å². The van der Waals surface area contributed by atoms with Crippen LogP contribution in [-0.4, -0.2) is 29.3 Å². The summed E-state index contributed by atoms with van der Waals surface area (Å²) in [6.45, 7) is 3.54. The Bertz CT molecular complexity index is 295. The van der Waals surface area contributed by atoms with E-state index in [0.717, 1.165) is 31.0 Å². The number of hydrogen-bond acceptors (Lipinski definition) is 3. The topological polar surface area (TPSA) is 36.4 Å². The Morgan fingerprint density at radius 3 is 2.92 bits per heavy atom. The fraction of sp³-hybridized carbons (Fsp3) is 0.500. The van der Waals surface area contributed by atoms with Crippen molar-refractivity contribution >= 4 is 5.82 Å². The molecule has 1 N–H and O–H groups in total. The molecule has 0 radical (unpaired) electrons. The van der Waals surface area contributed by atoms with Crippen LogP contribution < -0.4 is 4.90 Å². The quantitative estimate of drug-likeness (QED) is 0.728. The van der Waals surface area contributed by atoms with Crippen LogP contribution in [0, 0.1) is 0 Å². The van der Waals surface area contributed by atoms with Gasteiger partial charge in [-0.25, -0.2) is 4.98 Å². The van der Waals surface area contributed by atoms with Crippen LogP contribution in [0.15, 0.2) is 18.2 Å². The molecule has 2 heterocycles. The molecule has 70 valence electrons. The van der Waals surface area contributed by atoms with E-state index in [-0.39, 0.29) is 6.10 Å². The lowest BCUT2D eigenvalue weighted by molar-refractivity contribution is 0.141. The molecular weight excluding hydrogens is 164 g/mol. The van der Waals surface area contributed by atoms with Gasteiger partial charge >= 0.3 is 0 Å². The van der Waals surface area contributed by atoms with Crippen molar-refractivity contribution in [2.75, 3.05) is 18.0 Å². The first kappa shape index (κ1) is 8.51. The molecule has 1 aliphatic rings. The minimum absolute atomic E-state index is 0.160. The highest BCUT2D eigenvalue weighted by atomic mass is 16.3. The third kappa shape index (κ3) is 1.65. The first-order chi connectivity index (χ1) is 6.29. The zero-order chi connectivity index (χ0) is 9.26. The summed E-state index contributed by atoms with van der Waals surface area (Å²) in [7, 11) is 0. The smallest absolute Gasteiger partial charge is 0.128 e. The van der Waals surface area contributed by atoms with Crippen LogP contribution in [0.5, 0.6) is 0 Å². The molecule has 13 heavy (non-hydrogen) atoms. The van der Waals surface area contributed by atoms with E-state index in [9.17, 15) is 0 Å². The lowest BCUT2D eigenvalue weighted by Crippen LogP contribution is -2.51. The van der Waals surface area contributed by atoms with Crippen molar-refractivity contribution in [1.82, 2.24) is 4.98 Å². The normalized spacial score (nSPS) is 17.2. The molecule has 1 aliphatic heterocycles. The molecule has 0 saturated carbocycles. The molecule has 1 saturated heterocycles. The molecule has 0 amide bonds. The van der Waals surface area contributed by atoms with Gasteiger partial charge in [0.25, 0.3) is 0 Å². The van der Waals surface area contributed by atoms with E-state index < -0.39 is 0 Å². The number of aliphatic hydroxyl groups excluding tert-OH is 1. The van der Waals surface area contributed by atoms with Crippen molar-refractivity contribution < 1.29 is 5.11 Å². The van der Waals surface area contributed by atoms with Gasteiger partial charge in [0.15, 0.2) is 0 Å². The van der Waals surface area contributed by atoms with E-state index in [4.69, 9.17) is 5.11 Å². The number of β-amino-alcohol motifs (C(OH)–C–C–N with tert-alkyl or cyclic N) is 1. The summed E-state index contributed by atoms with van der Waals surface area (Å²) in [6.07, 6.45) is 0.802. The van der Waals surface area contributed by atoms with Gasteiger partial charge in [0, 0.05) is 18.8 Å². The molecule has 3 nitrogen and oxygen atoms in total. The molecule has 3 heteroatoms. The van der Waals surface area contributed by atoms with Crippen LogP contribution in [0.25, 0.3) is 0 Å². The molecule has 1 aromatic heterocycles. The highest BCUT2D eigenvalue weighted by molar-refractivity contribution is 5.42.